The molecule has 7 nitrogen and oxygen atoms in total. The van der Waals surface area contributed by atoms with E-state index in [2.05, 4.69) is 74.6 Å². The van der Waals surface area contributed by atoms with Crippen molar-refractivity contribution in [1.82, 2.24) is 25.5 Å². The van der Waals surface area contributed by atoms with Crippen molar-refractivity contribution >= 4 is 35.9 Å². The number of nitrogens with zero attached hydrogens (tertiary/aromatic N) is 5. The lowest BCUT2D eigenvalue weighted by atomic mass is 10.1. The number of anilines is 1. The Kier molecular flexibility index (Phi) is 11.6. The normalized spacial score (nSPS) is 15.8. The monoisotopic (exact) mass is 537 g/mol. The standard InChI is InChI=1S/C23H35N7.HI/c1-3-24-22(28-20(2)10-11-21-8-5-4-6-9-21)25-14-15-29-16-18-30(19-17-29)23-26-12-7-13-27-23;/h4-9,12-13,20H,3,10-11,14-19H2,1-2H3,(H2,24,25,28);1H. The van der Waals surface area contributed by atoms with Gasteiger partial charge in [-0.25, -0.2) is 9.97 Å². The van der Waals surface area contributed by atoms with Crippen molar-refractivity contribution < 1.29 is 0 Å². The van der Waals surface area contributed by atoms with Gasteiger partial charge < -0.3 is 15.5 Å². The van der Waals surface area contributed by atoms with E-state index in [0.717, 1.165) is 70.6 Å². The molecule has 2 heterocycles. The van der Waals surface area contributed by atoms with Crippen LogP contribution in [0.5, 0.6) is 0 Å². The van der Waals surface area contributed by atoms with Crippen LogP contribution in [0.25, 0.3) is 0 Å². The molecule has 2 N–H and O–H groups in total. The maximum atomic E-state index is 4.79. The molecule has 1 saturated heterocycles. The largest absolute Gasteiger partial charge is 0.357 e. The highest BCUT2D eigenvalue weighted by Crippen LogP contribution is 2.09. The first-order valence-corrected chi connectivity index (χ1v) is 11.1. The Bertz CT molecular complexity index is 749. The maximum Gasteiger partial charge on any atom is 0.225 e. The average molecular weight is 537 g/mol. The number of aromatic nitrogens is 2. The Morgan fingerprint density at radius 2 is 1.77 bits per heavy atom. The zero-order chi connectivity index (χ0) is 21.0. The second kappa shape index (κ2) is 14.2. The van der Waals surface area contributed by atoms with E-state index in [9.17, 15) is 0 Å². The number of nitrogens with one attached hydrogen (secondary N) is 2. The topological polar surface area (TPSA) is 68.7 Å². The lowest BCUT2D eigenvalue weighted by Gasteiger charge is -2.34. The first-order chi connectivity index (χ1) is 14.7. The van der Waals surface area contributed by atoms with Crippen molar-refractivity contribution in [2.75, 3.05) is 50.7 Å². The molecule has 1 aliphatic heterocycles. The minimum Gasteiger partial charge on any atom is -0.357 e. The molecule has 0 spiro atoms. The third kappa shape index (κ3) is 8.98. The summed E-state index contributed by atoms with van der Waals surface area (Å²) in [5.74, 6) is 1.74. The predicted molar refractivity (Wildman–Crippen MR) is 139 cm³/mol. The molecule has 8 heteroatoms. The molecule has 0 radical (unpaired) electrons. The van der Waals surface area contributed by atoms with Crippen LogP contribution >= 0.6 is 24.0 Å². The van der Waals surface area contributed by atoms with Crippen LogP contribution < -0.4 is 15.5 Å². The van der Waals surface area contributed by atoms with E-state index in [0.29, 0.717) is 6.04 Å². The summed E-state index contributed by atoms with van der Waals surface area (Å²) < 4.78 is 0. The average Bonchev–Trinajstić information content (AvgIpc) is 2.79. The van der Waals surface area contributed by atoms with Crippen molar-refractivity contribution in [1.29, 1.82) is 0 Å². The van der Waals surface area contributed by atoms with Crippen molar-refractivity contribution in [3.63, 3.8) is 0 Å². The molecule has 0 bridgehead atoms. The number of benzene rings is 1. The molecule has 1 aromatic heterocycles. The summed E-state index contributed by atoms with van der Waals surface area (Å²) in [4.78, 5) is 18.2. The molecule has 2 aromatic rings. The van der Waals surface area contributed by atoms with E-state index in [1.54, 1.807) is 12.4 Å². The Labute approximate surface area is 203 Å². The lowest BCUT2D eigenvalue weighted by Crippen LogP contribution is -2.48. The van der Waals surface area contributed by atoms with Gasteiger partial charge in [-0.15, -0.1) is 24.0 Å². The number of piperazine rings is 1. The van der Waals surface area contributed by atoms with Crippen LogP contribution in [0.1, 0.15) is 25.8 Å². The second-order valence-electron chi connectivity index (χ2n) is 7.71. The van der Waals surface area contributed by atoms with Crippen molar-refractivity contribution in [2.45, 2.75) is 32.7 Å². The van der Waals surface area contributed by atoms with Crippen LogP contribution in [0.3, 0.4) is 0 Å². The zero-order valence-electron chi connectivity index (χ0n) is 18.7. The summed E-state index contributed by atoms with van der Waals surface area (Å²) in [6.07, 6.45) is 5.76. The van der Waals surface area contributed by atoms with Crippen LogP contribution in [0, 0.1) is 0 Å². The minimum atomic E-state index is 0. The molecule has 170 valence electrons. The SMILES string of the molecule is CCNC(=NCCN1CCN(c2ncccn2)CC1)NC(C)CCc1ccccc1.I. The third-order valence-electron chi connectivity index (χ3n) is 5.33. The van der Waals surface area contributed by atoms with Crippen molar-refractivity contribution in [2.24, 2.45) is 4.99 Å². The molecule has 0 amide bonds. The fourth-order valence-corrected chi connectivity index (χ4v) is 3.58. The van der Waals surface area contributed by atoms with Gasteiger partial charge >= 0.3 is 0 Å². The van der Waals surface area contributed by atoms with Crippen LogP contribution in [0.2, 0.25) is 0 Å². The van der Waals surface area contributed by atoms with Gasteiger partial charge in [-0.1, -0.05) is 30.3 Å². The molecule has 31 heavy (non-hydrogen) atoms. The van der Waals surface area contributed by atoms with Gasteiger partial charge in [0.15, 0.2) is 5.96 Å². The predicted octanol–water partition coefficient (Wildman–Crippen LogP) is 2.79. The van der Waals surface area contributed by atoms with Crippen LogP contribution in [0.15, 0.2) is 53.8 Å². The van der Waals surface area contributed by atoms with Crippen molar-refractivity contribution in [3.05, 3.63) is 54.4 Å². The van der Waals surface area contributed by atoms with E-state index < -0.39 is 0 Å². The zero-order valence-corrected chi connectivity index (χ0v) is 21.0. The summed E-state index contributed by atoms with van der Waals surface area (Å²) in [5.41, 5.74) is 1.38. The molecule has 1 aliphatic rings. The molecule has 1 atom stereocenters. The van der Waals surface area contributed by atoms with Gasteiger partial charge in [0.1, 0.15) is 0 Å². The van der Waals surface area contributed by atoms with E-state index in [1.165, 1.54) is 5.56 Å². The first kappa shape index (κ1) is 25.3. The third-order valence-corrected chi connectivity index (χ3v) is 5.33. The number of hydrogen-bond donors (Lipinski definition) is 2. The molecule has 1 fully saturated rings. The quantitative estimate of drug-likeness (QED) is 0.292. The van der Waals surface area contributed by atoms with Gasteiger partial charge in [-0.2, -0.15) is 0 Å². The fraction of sp³-hybridized carbons (Fsp3) is 0.522. The first-order valence-electron chi connectivity index (χ1n) is 11.1. The minimum absolute atomic E-state index is 0. The highest BCUT2D eigenvalue weighted by molar-refractivity contribution is 14.0. The second-order valence-corrected chi connectivity index (χ2v) is 7.71. The Balaban J connectivity index is 0.00000341. The Morgan fingerprint density at radius 3 is 2.45 bits per heavy atom. The smallest absolute Gasteiger partial charge is 0.225 e. The Morgan fingerprint density at radius 1 is 1.06 bits per heavy atom. The summed E-state index contributed by atoms with van der Waals surface area (Å²) in [6, 6.07) is 12.9. The molecule has 3 rings (SSSR count). The number of aryl methyl sites for hydroxylation is 1. The molecular formula is C23H36IN7. The van der Waals surface area contributed by atoms with Gasteiger partial charge in [-0.3, -0.25) is 9.89 Å². The van der Waals surface area contributed by atoms with Gasteiger partial charge in [0.05, 0.1) is 6.54 Å². The van der Waals surface area contributed by atoms with Gasteiger partial charge in [-0.05, 0) is 38.3 Å². The molecule has 1 aromatic carbocycles. The van der Waals surface area contributed by atoms with Gasteiger partial charge in [0.2, 0.25) is 5.95 Å². The van der Waals surface area contributed by atoms with Crippen molar-refractivity contribution in [3.8, 4) is 0 Å². The van der Waals surface area contributed by atoms with Crippen LogP contribution in [0.4, 0.5) is 5.95 Å². The van der Waals surface area contributed by atoms with Crippen LogP contribution in [-0.4, -0.2) is 72.7 Å². The number of hydrogen-bond acceptors (Lipinski definition) is 5. The fourth-order valence-electron chi connectivity index (χ4n) is 3.58. The number of rotatable bonds is 9. The van der Waals surface area contributed by atoms with Gasteiger partial charge in [0.25, 0.3) is 0 Å². The maximum absolute atomic E-state index is 4.79. The number of halogens is 1. The van der Waals surface area contributed by atoms with Crippen LogP contribution in [-0.2, 0) is 6.42 Å². The van der Waals surface area contributed by atoms with E-state index in [1.807, 2.05) is 6.07 Å². The van der Waals surface area contributed by atoms with E-state index in [-0.39, 0.29) is 24.0 Å². The van der Waals surface area contributed by atoms with E-state index >= 15 is 0 Å². The number of guanidine groups is 1. The summed E-state index contributed by atoms with van der Waals surface area (Å²) in [7, 11) is 0. The summed E-state index contributed by atoms with van der Waals surface area (Å²) in [5, 5.41) is 6.92. The highest BCUT2D eigenvalue weighted by atomic mass is 127. The van der Waals surface area contributed by atoms with Gasteiger partial charge in [0, 0.05) is 57.7 Å². The highest BCUT2D eigenvalue weighted by Gasteiger charge is 2.18. The molecule has 1 unspecified atom stereocenters. The Hall–Kier alpha value is -1.94. The summed E-state index contributed by atoms with van der Waals surface area (Å²) in [6.45, 7) is 10.9. The number of aliphatic imine (C=N–C) groups is 1. The lowest BCUT2D eigenvalue weighted by molar-refractivity contribution is 0.263. The van der Waals surface area contributed by atoms with E-state index in [4.69, 9.17) is 4.99 Å². The summed E-state index contributed by atoms with van der Waals surface area (Å²) >= 11 is 0. The molecule has 0 aliphatic carbocycles. The molecular weight excluding hydrogens is 501 g/mol. The molecule has 0 saturated carbocycles.